The Morgan fingerprint density at radius 2 is 1.62 bits per heavy atom. The van der Waals surface area contributed by atoms with Gasteiger partial charge in [-0.3, -0.25) is 9.59 Å². The van der Waals surface area contributed by atoms with Crippen molar-refractivity contribution in [2.45, 2.75) is 31.7 Å². The lowest BCUT2D eigenvalue weighted by molar-refractivity contribution is 0.0915. The highest BCUT2D eigenvalue weighted by atomic mass is 16.3. The number of carbonyl (C=O) groups is 2. The third-order valence-electron chi connectivity index (χ3n) is 7.95. The first-order valence-electron chi connectivity index (χ1n) is 14.4. The average molecular weight is 566 g/mol. The molecule has 0 bridgehead atoms. The maximum Gasteiger partial charge on any atom is 0.277 e. The van der Waals surface area contributed by atoms with Crippen molar-refractivity contribution in [2.75, 3.05) is 47.9 Å². The summed E-state index contributed by atoms with van der Waals surface area (Å²) in [5, 5.41) is 15.9. The maximum absolute atomic E-state index is 13.3. The number of piperazine rings is 1. The van der Waals surface area contributed by atoms with E-state index in [2.05, 4.69) is 50.5 Å². The van der Waals surface area contributed by atoms with Crippen LogP contribution >= 0.6 is 0 Å². The molecular weight excluding hydrogens is 530 g/mol. The summed E-state index contributed by atoms with van der Waals surface area (Å²) in [7, 11) is 0. The third kappa shape index (κ3) is 6.01. The van der Waals surface area contributed by atoms with Gasteiger partial charge in [0.25, 0.3) is 11.8 Å². The summed E-state index contributed by atoms with van der Waals surface area (Å²) in [5.41, 5.74) is 5.22. The van der Waals surface area contributed by atoms with Gasteiger partial charge < -0.3 is 30.0 Å². The van der Waals surface area contributed by atoms with Crippen molar-refractivity contribution < 1.29 is 19.1 Å². The molecule has 2 aliphatic rings. The van der Waals surface area contributed by atoms with Gasteiger partial charge in [-0.25, -0.2) is 4.98 Å². The number of aromatic nitrogens is 1. The molecule has 3 aromatic carbocycles. The van der Waals surface area contributed by atoms with Crippen molar-refractivity contribution in [1.82, 2.24) is 10.3 Å². The quantitative estimate of drug-likeness (QED) is 0.265. The molecule has 3 N–H and O–H groups in total. The van der Waals surface area contributed by atoms with Crippen LogP contribution in [0.25, 0.3) is 0 Å². The molecule has 1 aliphatic carbocycles. The number of aryl methyl sites for hydroxylation is 1. The highest BCUT2D eigenvalue weighted by molar-refractivity contribution is 6.06. The maximum atomic E-state index is 13.3. The molecule has 6 rings (SSSR count). The number of aliphatic hydroxyl groups excluding tert-OH is 1. The normalized spacial score (nSPS) is 15.8. The number of benzene rings is 3. The average Bonchev–Trinajstić information content (AvgIpc) is 3.76. The fraction of sp³-hybridized carbons (Fsp3) is 0.303. The molecule has 1 aromatic heterocycles. The van der Waals surface area contributed by atoms with Gasteiger partial charge in [-0.1, -0.05) is 48.5 Å². The predicted octanol–water partition coefficient (Wildman–Crippen LogP) is 4.90. The Hall–Kier alpha value is -4.63. The number of carbonyl (C=O) groups excluding carboxylic acids is 2. The second-order valence-electron chi connectivity index (χ2n) is 10.9. The SMILES string of the molecule is Cc1ccccc1N1CCN(c2ccc(C(=O)N[C@@H](CO)c3ccccc3)cc2NC(=O)c2coc(C3CC3)n2)CC1. The second-order valence-corrected chi connectivity index (χ2v) is 10.9. The molecule has 2 amide bonds. The Morgan fingerprint density at radius 3 is 2.31 bits per heavy atom. The Bertz CT molecular complexity index is 1560. The van der Waals surface area contributed by atoms with E-state index in [0.717, 1.165) is 50.3 Å². The molecule has 2 heterocycles. The molecule has 2 fully saturated rings. The number of nitrogens with one attached hydrogen (secondary N) is 2. The number of nitrogens with zero attached hydrogens (tertiary/aromatic N) is 3. The molecule has 0 unspecified atom stereocenters. The minimum Gasteiger partial charge on any atom is -0.448 e. The van der Waals surface area contributed by atoms with Crippen LogP contribution in [0, 0.1) is 6.92 Å². The molecular formula is C33H35N5O4. The molecule has 0 radical (unpaired) electrons. The van der Waals surface area contributed by atoms with Gasteiger partial charge in [0, 0.05) is 43.3 Å². The lowest BCUT2D eigenvalue weighted by atomic mass is 10.1. The molecule has 9 nitrogen and oxygen atoms in total. The highest BCUT2D eigenvalue weighted by Crippen LogP contribution is 2.39. The molecule has 0 spiro atoms. The molecule has 1 aliphatic heterocycles. The molecule has 1 saturated heterocycles. The van der Waals surface area contributed by atoms with E-state index in [4.69, 9.17) is 4.42 Å². The smallest absolute Gasteiger partial charge is 0.277 e. The van der Waals surface area contributed by atoms with E-state index < -0.39 is 6.04 Å². The van der Waals surface area contributed by atoms with Crippen molar-refractivity contribution in [3.05, 3.63) is 107 Å². The van der Waals surface area contributed by atoms with Gasteiger partial charge in [0.1, 0.15) is 6.26 Å². The van der Waals surface area contributed by atoms with Crippen molar-refractivity contribution in [3.8, 4) is 0 Å². The van der Waals surface area contributed by atoms with Crippen LogP contribution in [-0.2, 0) is 0 Å². The van der Waals surface area contributed by atoms with Crippen LogP contribution in [0.3, 0.4) is 0 Å². The van der Waals surface area contributed by atoms with Crippen molar-refractivity contribution in [1.29, 1.82) is 0 Å². The van der Waals surface area contributed by atoms with Crippen LogP contribution in [0.15, 0.2) is 83.5 Å². The summed E-state index contributed by atoms with van der Waals surface area (Å²) in [5.74, 6) is 0.154. The zero-order valence-corrected chi connectivity index (χ0v) is 23.6. The first kappa shape index (κ1) is 27.5. The van der Waals surface area contributed by atoms with Gasteiger partial charge in [-0.15, -0.1) is 0 Å². The first-order chi connectivity index (χ1) is 20.5. The molecule has 1 saturated carbocycles. The van der Waals surface area contributed by atoms with Gasteiger partial charge in [0.05, 0.1) is 24.0 Å². The van der Waals surface area contributed by atoms with Crippen molar-refractivity contribution in [2.24, 2.45) is 0 Å². The Balaban J connectivity index is 1.24. The Morgan fingerprint density at radius 1 is 0.929 bits per heavy atom. The second kappa shape index (κ2) is 12.1. The van der Waals surface area contributed by atoms with Crippen LogP contribution < -0.4 is 20.4 Å². The minimum absolute atomic E-state index is 0.214. The van der Waals surface area contributed by atoms with Crippen LogP contribution in [0.2, 0.25) is 0 Å². The zero-order chi connectivity index (χ0) is 29.1. The van der Waals surface area contributed by atoms with Gasteiger partial charge >= 0.3 is 0 Å². The summed E-state index contributed by atoms with van der Waals surface area (Å²) in [6, 6.07) is 22.5. The third-order valence-corrected chi connectivity index (χ3v) is 7.95. The summed E-state index contributed by atoms with van der Waals surface area (Å²) >= 11 is 0. The van der Waals surface area contributed by atoms with Gasteiger partial charge in [-0.2, -0.15) is 0 Å². The van der Waals surface area contributed by atoms with E-state index in [1.807, 2.05) is 42.5 Å². The standard InChI is InChI=1S/C33H35N5O4/c1-22-7-5-6-10-29(22)37-15-17-38(18-16-37)30-14-13-25(31(40)35-27(20-39)23-8-3-2-4-9-23)19-26(30)34-32(41)28-21-42-33(36-28)24-11-12-24/h2-10,13-14,19,21,24,27,39H,11-12,15-18,20H2,1H3,(H,34,41)(H,35,40)/t27-/m0/s1. The minimum atomic E-state index is -0.554. The molecule has 1 atom stereocenters. The van der Waals surface area contributed by atoms with E-state index in [1.165, 1.54) is 17.5 Å². The number of aliphatic hydroxyl groups is 1. The molecule has 9 heteroatoms. The van der Waals surface area contributed by atoms with Crippen LogP contribution in [0.1, 0.15) is 62.7 Å². The fourth-order valence-electron chi connectivity index (χ4n) is 5.42. The summed E-state index contributed by atoms with van der Waals surface area (Å²) < 4.78 is 5.54. The molecule has 216 valence electrons. The number of hydrogen-bond donors (Lipinski definition) is 3. The van der Waals surface area contributed by atoms with Gasteiger partial charge in [0.2, 0.25) is 0 Å². The van der Waals surface area contributed by atoms with E-state index >= 15 is 0 Å². The first-order valence-corrected chi connectivity index (χ1v) is 14.4. The largest absolute Gasteiger partial charge is 0.448 e. The zero-order valence-electron chi connectivity index (χ0n) is 23.6. The van der Waals surface area contributed by atoms with E-state index in [9.17, 15) is 14.7 Å². The van der Waals surface area contributed by atoms with E-state index in [1.54, 1.807) is 12.1 Å². The number of amides is 2. The number of hydrogen-bond acceptors (Lipinski definition) is 7. The number of oxazole rings is 1. The van der Waals surface area contributed by atoms with Gasteiger partial charge in [-0.05, 0) is 55.2 Å². The van der Waals surface area contributed by atoms with Crippen LogP contribution in [0.5, 0.6) is 0 Å². The fourth-order valence-corrected chi connectivity index (χ4v) is 5.42. The number of para-hydroxylation sites is 1. The lowest BCUT2D eigenvalue weighted by Gasteiger charge is -2.38. The monoisotopic (exact) mass is 565 g/mol. The molecule has 42 heavy (non-hydrogen) atoms. The lowest BCUT2D eigenvalue weighted by Crippen LogP contribution is -2.47. The van der Waals surface area contributed by atoms with Crippen LogP contribution in [-0.4, -0.2) is 54.7 Å². The van der Waals surface area contributed by atoms with E-state index in [0.29, 0.717) is 23.1 Å². The topological polar surface area (TPSA) is 111 Å². The highest BCUT2D eigenvalue weighted by Gasteiger charge is 2.30. The summed E-state index contributed by atoms with van der Waals surface area (Å²) in [4.78, 5) is 35.6. The van der Waals surface area contributed by atoms with Crippen LogP contribution in [0.4, 0.5) is 17.1 Å². The van der Waals surface area contributed by atoms with Gasteiger partial charge in [0.15, 0.2) is 11.6 Å². The Kier molecular flexibility index (Phi) is 7.92. The predicted molar refractivity (Wildman–Crippen MR) is 162 cm³/mol. The summed E-state index contributed by atoms with van der Waals surface area (Å²) in [6.45, 7) is 5.03. The summed E-state index contributed by atoms with van der Waals surface area (Å²) in [6.07, 6.45) is 3.44. The molecule has 4 aromatic rings. The Labute approximate surface area is 245 Å². The van der Waals surface area contributed by atoms with Crippen molar-refractivity contribution in [3.63, 3.8) is 0 Å². The van der Waals surface area contributed by atoms with E-state index in [-0.39, 0.29) is 24.1 Å². The van der Waals surface area contributed by atoms with Crippen molar-refractivity contribution >= 4 is 28.9 Å². The number of anilines is 3. The number of rotatable bonds is 9.